The molecule has 0 bridgehead atoms. The van der Waals surface area contributed by atoms with Gasteiger partial charge in [-0.1, -0.05) is 6.92 Å². The molecule has 1 heterocycles. The summed E-state index contributed by atoms with van der Waals surface area (Å²) in [5, 5.41) is 2.64. The van der Waals surface area contributed by atoms with Crippen LogP contribution in [-0.2, 0) is 9.59 Å². The van der Waals surface area contributed by atoms with Crippen molar-refractivity contribution in [1.29, 1.82) is 0 Å². The van der Waals surface area contributed by atoms with E-state index in [1.54, 1.807) is 0 Å². The summed E-state index contributed by atoms with van der Waals surface area (Å²) < 4.78 is 0. The largest absolute Gasteiger partial charge is 0.356 e. The zero-order valence-corrected chi connectivity index (χ0v) is 9.58. The summed E-state index contributed by atoms with van der Waals surface area (Å²) >= 11 is 0. The van der Waals surface area contributed by atoms with Gasteiger partial charge in [0, 0.05) is 33.0 Å². The summed E-state index contributed by atoms with van der Waals surface area (Å²) in [7, 11) is 0. The topological polar surface area (TPSA) is 49.4 Å². The Kier molecular flexibility index (Phi) is 4.59. The molecule has 1 atom stereocenters. The molecule has 1 aliphatic heterocycles. The summed E-state index contributed by atoms with van der Waals surface area (Å²) in [4.78, 5) is 24.2. The van der Waals surface area contributed by atoms with Crippen LogP contribution in [0.25, 0.3) is 0 Å². The average Bonchev–Trinajstić information content (AvgIpc) is 2.17. The van der Waals surface area contributed by atoms with Gasteiger partial charge >= 0.3 is 0 Å². The van der Waals surface area contributed by atoms with Gasteiger partial charge in [-0.15, -0.1) is 0 Å². The molecule has 2 amide bonds. The highest BCUT2D eigenvalue weighted by atomic mass is 16.2. The van der Waals surface area contributed by atoms with Gasteiger partial charge in [-0.2, -0.15) is 0 Å². The fourth-order valence-electron chi connectivity index (χ4n) is 1.92. The predicted molar refractivity (Wildman–Crippen MR) is 58.3 cm³/mol. The van der Waals surface area contributed by atoms with Crippen LogP contribution >= 0.6 is 0 Å². The van der Waals surface area contributed by atoms with Gasteiger partial charge in [-0.05, 0) is 18.8 Å². The lowest BCUT2D eigenvalue weighted by atomic mass is 10.00. The molecule has 1 saturated heterocycles. The third kappa shape index (κ3) is 4.32. The third-order valence-electron chi connectivity index (χ3n) is 2.72. The lowest BCUT2D eigenvalue weighted by molar-refractivity contribution is -0.132. The van der Waals surface area contributed by atoms with Crippen LogP contribution in [0, 0.1) is 5.92 Å². The van der Waals surface area contributed by atoms with E-state index in [0.29, 0.717) is 18.9 Å². The van der Waals surface area contributed by atoms with Gasteiger partial charge in [0.1, 0.15) is 0 Å². The van der Waals surface area contributed by atoms with Gasteiger partial charge in [0.05, 0.1) is 0 Å². The molecule has 0 aromatic rings. The van der Waals surface area contributed by atoms with Crippen molar-refractivity contribution in [3.63, 3.8) is 0 Å². The Morgan fingerprint density at radius 1 is 1.47 bits per heavy atom. The fourth-order valence-corrected chi connectivity index (χ4v) is 1.92. The molecule has 15 heavy (non-hydrogen) atoms. The minimum absolute atomic E-state index is 0.0742. The van der Waals surface area contributed by atoms with Crippen LogP contribution in [0.5, 0.6) is 0 Å². The molecule has 1 rings (SSSR count). The maximum Gasteiger partial charge on any atom is 0.224 e. The monoisotopic (exact) mass is 212 g/mol. The minimum atomic E-state index is -0.0742. The zero-order valence-electron chi connectivity index (χ0n) is 9.58. The SMILES string of the molecule is CC(=O)NCCC(=O)N1CCCC(C)C1. The highest BCUT2D eigenvalue weighted by Gasteiger charge is 2.20. The van der Waals surface area contributed by atoms with Crippen LogP contribution in [0.2, 0.25) is 0 Å². The van der Waals surface area contributed by atoms with E-state index in [2.05, 4.69) is 12.2 Å². The van der Waals surface area contributed by atoms with E-state index in [4.69, 9.17) is 0 Å². The molecule has 0 spiro atoms. The number of piperidine rings is 1. The second kappa shape index (κ2) is 5.73. The van der Waals surface area contributed by atoms with Gasteiger partial charge in [-0.3, -0.25) is 9.59 Å². The normalized spacial score (nSPS) is 21.2. The first-order chi connectivity index (χ1) is 7.09. The first kappa shape index (κ1) is 12.0. The number of amides is 2. The smallest absolute Gasteiger partial charge is 0.224 e. The molecular formula is C11H20N2O2. The molecule has 4 heteroatoms. The summed E-state index contributed by atoms with van der Waals surface area (Å²) in [6.07, 6.45) is 2.74. The number of nitrogens with zero attached hydrogens (tertiary/aromatic N) is 1. The molecule has 0 radical (unpaired) electrons. The Morgan fingerprint density at radius 2 is 2.20 bits per heavy atom. The van der Waals surface area contributed by atoms with Crippen LogP contribution < -0.4 is 5.32 Å². The summed E-state index contributed by atoms with van der Waals surface area (Å²) in [6.45, 7) is 5.85. The van der Waals surface area contributed by atoms with Crippen molar-refractivity contribution in [2.75, 3.05) is 19.6 Å². The molecule has 1 N–H and O–H groups in total. The number of carbonyl (C=O) groups is 2. The molecule has 0 aliphatic carbocycles. The van der Waals surface area contributed by atoms with E-state index in [-0.39, 0.29) is 11.8 Å². The van der Waals surface area contributed by atoms with E-state index in [1.165, 1.54) is 13.3 Å². The van der Waals surface area contributed by atoms with Gasteiger partial charge in [0.2, 0.25) is 11.8 Å². The summed E-state index contributed by atoms with van der Waals surface area (Å²) in [5.41, 5.74) is 0. The van der Waals surface area contributed by atoms with Crippen LogP contribution in [0.1, 0.15) is 33.1 Å². The number of carbonyl (C=O) groups excluding carboxylic acids is 2. The first-order valence-electron chi connectivity index (χ1n) is 5.62. The van der Waals surface area contributed by atoms with E-state index in [9.17, 15) is 9.59 Å². The number of rotatable bonds is 3. The Hall–Kier alpha value is -1.06. The van der Waals surface area contributed by atoms with E-state index >= 15 is 0 Å². The molecular weight excluding hydrogens is 192 g/mol. The fraction of sp³-hybridized carbons (Fsp3) is 0.818. The molecule has 1 fully saturated rings. The standard InChI is InChI=1S/C11H20N2O2/c1-9-4-3-7-13(8-9)11(15)5-6-12-10(2)14/h9H,3-8H2,1-2H3,(H,12,14). The second-order valence-electron chi connectivity index (χ2n) is 4.32. The van der Waals surface area contributed by atoms with Crippen molar-refractivity contribution in [1.82, 2.24) is 10.2 Å². The predicted octanol–water partition coefficient (Wildman–Crippen LogP) is 0.771. The summed E-state index contributed by atoms with van der Waals surface area (Å²) in [6, 6.07) is 0. The highest BCUT2D eigenvalue weighted by Crippen LogP contribution is 2.15. The Labute approximate surface area is 91.0 Å². The van der Waals surface area contributed by atoms with E-state index in [0.717, 1.165) is 19.5 Å². The molecule has 1 unspecified atom stereocenters. The Balaban J connectivity index is 2.24. The number of nitrogens with one attached hydrogen (secondary N) is 1. The number of likely N-dealkylation sites (tertiary alicyclic amines) is 1. The maximum absolute atomic E-state index is 11.7. The molecule has 0 saturated carbocycles. The van der Waals surface area contributed by atoms with Gasteiger partial charge in [-0.25, -0.2) is 0 Å². The van der Waals surface area contributed by atoms with Crippen molar-refractivity contribution in [2.24, 2.45) is 5.92 Å². The average molecular weight is 212 g/mol. The maximum atomic E-state index is 11.7. The quantitative estimate of drug-likeness (QED) is 0.751. The number of hydrogen-bond donors (Lipinski definition) is 1. The molecule has 1 aliphatic rings. The zero-order chi connectivity index (χ0) is 11.3. The summed E-state index contributed by atoms with van der Waals surface area (Å²) in [5.74, 6) is 0.702. The van der Waals surface area contributed by atoms with Gasteiger partial charge < -0.3 is 10.2 Å². The van der Waals surface area contributed by atoms with E-state index < -0.39 is 0 Å². The van der Waals surface area contributed by atoms with Crippen LogP contribution in [-0.4, -0.2) is 36.3 Å². The van der Waals surface area contributed by atoms with Gasteiger partial charge in [0.15, 0.2) is 0 Å². The molecule has 0 aromatic carbocycles. The molecule has 4 nitrogen and oxygen atoms in total. The molecule has 0 aromatic heterocycles. The lowest BCUT2D eigenvalue weighted by Crippen LogP contribution is -2.40. The highest BCUT2D eigenvalue weighted by molar-refractivity contribution is 5.78. The van der Waals surface area contributed by atoms with Crippen molar-refractivity contribution < 1.29 is 9.59 Å². The van der Waals surface area contributed by atoms with Gasteiger partial charge in [0.25, 0.3) is 0 Å². The van der Waals surface area contributed by atoms with Crippen molar-refractivity contribution in [2.45, 2.75) is 33.1 Å². The first-order valence-corrected chi connectivity index (χ1v) is 5.62. The lowest BCUT2D eigenvalue weighted by Gasteiger charge is -2.31. The van der Waals surface area contributed by atoms with Crippen molar-refractivity contribution in [3.05, 3.63) is 0 Å². The third-order valence-corrected chi connectivity index (χ3v) is 2.72. The van der Waals surface area contributed by atoms with Crippen molar-refractivity contribution in [3.8, 4) is 0 Å². The minimum Gasteiger partial charge on any atom is -0.356 e. The van der Waals surface area contributed by atoms with Crippen LogP contribution in [0.15, 0.2) is 0 Å². The molecule has 86 valence electrons. The van der Waals surface area contributed by atoms with Crippen LogP contribution in [0.3, 0.4) is 0 Å². The van der Waals surface area contributed by atoms with Crippen LogP contribution in [0.4, 0.5) is 0 Å². The Morgan fingerprint density at radius 3 is 2.80 bits per heavy atom. The Bertz CT molecular complexity index is 241. The van der Waals surface area contributed by atoms with Crippen molar-refractivity contribution >= 4 is 11.8 Å². The van der Waals surface area contributed by atoms with E-state index in [1.807, 2.05) is 4.90 Å². The second-order valence-corrected chi connectivity index (χ2v) is 4.32. The number of hydrogen-bond acceptors (Lipinski definition) is 2.